The van der Waals surface area contributed by atoms with Gasteiger partial charge in [-0.3, -0.25) is 4.79 Å². The summed E-state index contributed by atoms with van der Waals surface area (Å²) in [6.07, 6.45) is 0. The molecule has 0 heterocycles. The largest absolute Gasteiger partial charge is 0.615 e. The molecule has 1 aliphatic carbocycles. The normalized spacial score (nSPS) is 15.6. The van der Waals surface area contributed by atoms with Gasteiger partial charge in [0, 0.05) is 11.1 Å². The Balaban J connectivity index is 2.04. The average molecular weight is 245 g/mol. The topological polar surface area (TPSA) is 66.2 Å². The molecule has 2 N–H and O–H groups in total. The van der Waals surface area contributed by atoms with Crippen LogP contribution in [0.15, 0.2) is 36.4 Å². The Hall–Kier alpha value is -1.52. The lowest BCUT2D eigenvalue weighted by Crippen LogP contribution is -2.30. The number of benzene rings is 2. The van der Waals surface area contributed by atoms with Gasteiger partial charge in [0.15, 0.2) is 11.0 Å². The van der Waals surface area contributed by atoms with Gasteiger partial charge in [-0.05, 0) is 21.9 Å². The maximum absolute atomic E-state index is 12.0. The third kappa shape index (κ3) is 1.52. The van der Waals surface area contributed by atoms with Crippen LogP contribution < -0.4 is 5.73 Å². The van der Waals surface area contributed by atoms with Crippen LogP contribution in [0.2, 0.25) is 0 Å². The highest BCUT2D eigenvalue weighted by Gasteiger charge is 2.38. The minimum atomic E-state index is -1.25. The molecule has 0 bridgehead atoms. The molecule has 4 heteroatoms. The van der Waals surface area contributed by atoms with Crippen LogP contribution in [-0.2, 0) is 16.0 Å². The van der Waals surface area contributed by atoms with Crippen molar-refractivity contribution < 1.29 is 9.35 Å². The Labute approximate surface area is 102 Å². The molecule has 3 rings (SSSR count). The second-order valence-electron chi connectivity index (χ2n) is 4.16. The number of rotatable bonds is 3. The van der Waals surface area contributed by atoms with Gasteiger partial charge < -0.3 is 10.3 Å². The van der Waals surface area contributed by atoms with Crippen molar-refractivity contribution in [3.05, 3.63) is 47.5 Å². The van der Waals surface area contributed by atoms with Gasteiger partial charge in [0.1, 0.15) is 0 Å². The predicted molar refractivity (Wildman–Crippen MR) is 68.0 cm³/mol. The first-order chi connectivity index (χ1) is 8.18. The maximum atomic E-state index is 12.0. The van der Waals surface area contributed by atoms with Crippen molar-refractivity contribution in [3.8, 4) is 0 Å². The summed E-state index contributed by atoms with van der Waals surface area (Å²) in [5.41, 5.74) is 7.23. The van der Waals surface area contributed by atoms with Crippen LogP contribution in [0.4, 0.5) is 0 Å². The summed E-state index contributed by atoms with van der Waals surface area (Å²) in [5, 5.41) is 2.19. The number of nitrogens with two attached hydrogens (primary N) is 1. The number of amides is 1. The zero-order chi connectivity index (χ0) is 12.0. The lowest BCUT2D eigenvalue weighted by atomic mass is 9.84. The first-order valence-electron chi connectivity index (χ1n) is 5.35. The van der Waals surface area contributed by atoms with Crippen molar-refractivity contribution >= 4 is 27.9 Å². The molecular weight excluding hydrogens is 234 g/mol. The van der Waals surface area contributed by atoms with E-state index in [4.69, 9.17) is 5.73 Å². The van der Waals surface area contributed by atoms with E-state index in [1.807, 2.05) is 36.4 Å². The molecule has 1 aliphatic rings. The maximum Gasteiger partial charge on any atom is 0.267 e. The molecule has 2 aromatic carbocycles. The van der Waals surface area contributed by atoms with Gasteiger partial charge in [-0.25, -0.2) is 0 Å². The molecule has 0 spiro atoms. The van der Waals surface area contributed by atoms with E-state index in [2.05, 4.69) is 0 Å². The van der Waals surface area contributed by atoms with E-state index < -0.39 is 17.1 Å². The van der Waals surface area contributed by atoms with E-state index in [0.29, 0.717) is 0 Å². The molecule has 0 radical (unpaired) electrons. The van der Waals surface area contributed by atoms with E-state index in [9.17, 15) is 9.35 Å². The smallest absolute Gasteiger partial charge is 0.267 e. The van der Waals surface area contributed by atoms with Gasteiger partial charge in [-0.2, -0.15) is 0 Å². The van der Waals surface area contributed by atoms with Crippen LogP contribution in [0, 0.1) is 0 Å². The van der Waals surface area contributed by atoms with E-state index >= 15 is 0 Å². The fourth-order valence-corrected chi connectivity index (χ4v) is 3.84. The van der Waals surface area contributed by atoms with Crippen molar-refractivity contribution in [2.24, 2.45) is 5.73 Å². The van der Waals surface area contributed by atoms with E-state index in [-0.39, 0.29) is 11.0 Å². The Bertz CT molecular complexity index is 573. The fraction of sp³-hybridized carbons (Fsp3) is 0.154. The zero-order valence-corrected chi connectivity index (χ0v) is 9.87. The van der Waals surface area contributed by atoms with Gasteiger partial charge in [0.2, 0.25) is 0 Å². The van der Waals surface area contributed by atoms with Crippen molar-refractivity contribution in [1.29, 1.82) is 0 Å². The first-order valence-corrected chi connectivity index (χ1v) is 6.73. The second-order valence-corrected chi connectivity index (χ2v) is 5.69. The Morgan fingerprint density at radius 3 is 2.35 bits per heavy atom. The van der Waals surface area contributed by atoms with Gasteiger partial charge in [0.25, 0.3) is 5.91 Å². The van der Waals surface area contributed by atoms with Crippen LogP contribution in [0.3, 0.4) is 0 Å². The molecule has 86 valence electrons. The average Bonchev–Trinajstić information content (AvgIpc) is 2.26. The lowest BCUT2D eigenvalue weighted by Gasteiger charge is -2.31. The standard InChI is InChI=1S/C13H11NO2S/c14-11(15)7-17(16)13-9-5-1-3-8-4-2-6-10(13)12(8)9/h1-6,13H,7H2,(H2,14,15). The minimum Gasteiger partial charge on any atom is -0.615 e. The van der Waals surface area contributed by atoms with Gasteiger partial charge in [-0.15, -0.1) is 0 Å². The quantitative estimate of drug-likeness (QED) is 0.832. The highest BCUT2D eigenvalue weighted by atomic mass is 32.2. The fourth-order valence-electron chi connectivity index (χ4n) is 2.43. The summed E-state index contributed by atoms with van der Waals surface area (Å²) in [6, 6.07) is 11.9. The summed E-state index contributed by atoms with van der Waals surface area (Å²) in [4.78, 5) is 10.8. The summed E-state index contributed by atoms with van der Waals surface area (Å²) >= 11 is -1.25. The number of primary amides is 1. The number of carbonyl (C=O) groups is 1. The third-order valence-corrected chi connectivity index (χ3v) is 4.68. The van der Waals surface area contributed by atoms with Crippen molar-refractivity contribution in [2.45, 2.75) is 5.25 Å². The van der Waals surface area contributed by atoms with Crippen LogP contribution in [-0.4, -0.2) is 16.2 Å². The zero-order valence-electron chi connectivity index (χ0n) is 9.05. The summed E-state index contributed by atoms with van der Waals surface area (Å²) in [7, 11) is 0. The molecule has 17 heavy (non-hydrogen) atoms. The Morgan fingerprint density at radius 2 is 1.82 bits per heavy atom. The molecule has 1 unspecified atom stereocenters. The molecule has 1 amide bonds. The van der Waals surface area contributed by atoms with Crippen LogP contribution in [0.1, 0.15) is 16.4 Å². The second kappa shape index (κ2) is 3.75. The Morgan fingerprint density at radius 1 is 1.24 bits per heavy atom. The SMILES string of the molecule is NC(=O)C[S+]([O-])C1c2cccc3cccc1c23. The summed E-state index contributed by atoms with van der Waals surface area (Å²) < 4.78 is 12.0. The van der Waals surface area contributed by atoms with E-state index in [1.165, 1.54) is 5.39 Å². The molecule has 1 atom stereocenters. The number of carbonyl (C=O) groups excluding carboxylic acids is 1. The van der Waals surface area contributed by atoms with E-state index in [1.54, 1.807) is 0 Å². The van der Waals surface area contributed by atoms with E-state index in [0.717, 1.165) is 16.5 Å². The van der Waals surface area contributed by atoms with Crippen molar-refractivity contribution in [3.63, 3.8) is 0 Å². The molecule has 3 nitrogen and oxygen atoms in total. The molecule has 2 aromatic rings. The third-order valence-electron chi connectivity index (χ3n) is 3.08. The molecule has 0 aromatic heterocycles. The van der Waals surface area contributed by atoms with Gasteiger partial charge in [-0.1, -0.05) is 36.4 Å². The number of hydrogen-bond donors (Lipinski definition) is 1. The first kappa shape index (κ1) is 10.6. The monoisotopic (exact) mass is 245 g/mol. The number of hydrogen-bond acceptors (Lipinski definition) is 2. The Kier molecular flexibility index (Phi) is 2.34. The molecule has 0 saturated heterocycles. The minimum absolute atomic E-state index is 0.0740. The van der Waals surface area contributed by atoms with Gasteiger partial charge in [0.05, 0.1) is 0 Å². The lowest BCUT2D eigenvalue weighted by molar-refractivity contribution is -0.115. The summed E-state index contributed by atoms with van der Waals surface area (Å²) in [6.45, 7) is 0. The molecule has 0 aliphatic heterocycles. The van der Waals surface area contributed by atoms with Crippen LogP contribution >= 0.6 is 0 Å². The molecule has 0 saturated carbocycles. The molecular formula is C13H11NO2S. The van der Waals surface area contributed by atoms with Crippen LogP contribution in [0.25, 0.3) is 10.8 Å². The van der Waals surface area contributed by atoms with Crippen molar-refractivity contribution in [2.75, 3.05) is 5.75 Å². The van der Waals surface area contributed by atoms with Crippen molar-refractivity contribution in [1.82, 2.24) is 0 Å². The summed E-state index contributed by atoms with van der Waals surface area (Å²) in [5.74, 6) is -0.588. The molecule has 0 fully saturated rings. The van der Waals surface area contributed by atoms with Gasteiger partial charge >= 0.3 is 0 Å². The van der Waals surface area contributed by atoms with Crippen LogP contribution in [0.5, 0.6) is 0 Å². The predicted octanol–water partition coefficient (Wildman–Crippen LogP) is 1.48. The highest BCUT2D eigenvalue weighted by Crippen LogP contribution is 2.47. The highest BCUT2D eigenvalue weighted by molar-refractivity contribution is 7.92.